The largest absolute Gasteiger partial charge is 0.273 e. The topological polar surface area (TPSA) is 55.9 Å². The molecule has 0 amide bonds. The Balaban J connectivity index is 2.04. The van der Waals surface area contributed by atoms with Gasteiger partial charge < -0.3 is 0 Å². The lowest BCUT2D eigenvalue weighted by molar-refractivity contribution is 0.506. The van der Waals surface area contributed by atoms with Crippen LogP contribution in [0.4, 0.5) is 0 Å². The maximum atomic E-state index is 5.66. The standard InChI is InChI=1S/C13H17IN4/c1-18-12(7-8-16-18)5-6-13(17-15)10-3-2-4-11(14)9-10/h2-4,7-9,13,17H,5-6,15H2,1H3. The highest BCUT2D eigenvalue weighted by molar-refractivity contribution is 14.1. The van der Waals surface area contributed by atoms with Crippen LogP contribution in [0.2, 0.25) is 0 Å². The van der Waals surface area contributed by atoms with Crippen molar-refractivity contribution in [2.24, 2.45) is 12.9 Å². The third-order valence-corrected chi connectivity index (χ3v) is 3.73. The van der Waals surface area contributed by atoms with E-state index in [0.29, 0.717) is 0 Å². The van der Waals surface area contributed by atoms with E-state index in [1.165, 1.54) is 14.8 Å². The van der Waals surface area contributed by atoms with Crippen LogP contribution in [0, 0.1) is 3.57 Å². The van der Waals surface area contributed by atoms with Gasteiger partial charge >= 0.3 is 0 Å². The Hall–Kier alpha value is -0.920. The van der Waals surface area contributed by atoms with E-state index >= 15 is 0 Å². The number of hydrazine groups is 1. The average Bonchev–Trinajstić information content (AvgIpc) is 2.76. The van der Waals surface area contributed by atoms with E-state index in [9.17, 15) is 0 Å². The maximum absolute atomic E-state index is 5.66. The second-order valence-corrected chi connectivity index (χ2v) is 5.50. The minimum absolute atomic E-state index is 0.176. The normalized spacial score (nSPS) is 12.6. The van der Waals surface area contributed by atoms with Crippen LogP contribution >= 0.6 is 22.6 Å². The van der Waals surface area contributed by atoms with Gasteiger partial charge in [-0.2, -0.15) is 5.10 Å². The molecule has 0 saturated carbocycles. The van der Waals surface area contributed by atoms with Gasteiger partial charge in [0.25, 0.3) is 0 Å². The maximum Gasteiger partial charge on any atom is 0.0492 e. The molecule has 0 spiro atoms. The van der Waals surface area contributed by atoms with Crippen LogP contribution in [0.3, 0.4) is 0 Å². The third-order valence-electron chi connectivity index (χ3n) is 3.06. The Bertz CT molecular complexity index is 509. The van der Waals surface area contributed by atoms with Gasteiger partial charge in [-0.05, 0) is 59.2 Å². The van der Waals surface area contributed by atoms with E-state index in [4.69, 9.17) is 5.84 Å². The molecule has 2 rings (SSSR count). The van der Waals surface area contributed by atoms with Crippen LogP contribution in [0.25, 0.3) is 0 Å². The quantitative estimate of drug-likeness (QED) is 0.491. The lowest BCUT2D eigenvalue weighted by Crippen LogP contribution is -2.28. The Morgan fingerprint density at radius 1 is 1.44 bits per heavy atom. The molecule has 96 valence electrons. The third kappa shape index (κ3) is 3.30. The molecule has 4 nitrogen and oxygen atoms in total. The Kier molecular flexibility index (Phi) is 4.73. The highest BCUT2D eigenvalue weighted by Crippen LogP contribution is 2.20. The lowest BCUT2D eigenvalue weighted by atomic mass is 10.0. The van der Waals surface area contributed by atoms with E-state index in [-0.39, 0.29) is 6.04 Å². The van der Waals surface area contributed by atoms with E-state index in [1.807, 2.05) is 24.0 Å². The first-order chi connectivity index (χ1) is 8.70. The molecule has 0 bridgehead atoms. The molecule has 0 fully saturated rings. The summed E-state index contributed by atoms with van der Waals surface area (Å²) < 4.78 is 3.13. The number of benzene rings is 1. The summed E-state index contributed by atoms with van der Waals surface area (Å²) >= 11 is 2.32. The van der Waals surface area contributed by atoms with Crippen molar-refractivity contribution in [3.8, 4) is 0 Å². The number of nitrogens with two attached hydrogens (primary N) is 1. The number of nitrogens with one attached hydrogen (secondary N) is 1. The zero-order chi connectivity index (χ0) is 13.0. The first-order valence-electron chi connectivity index (χ1n) is 5.89. The summed E-state index contributed by atoms with van der Waals surface area (Å²) in [5.74, 6) is 5.66. The van der Waals surface area contributed by atoms with E-state index in [0.717, 1.165) is 12.8 Å². The predicted molar refractivity (Wildman–Crippen MR) is 80.8 cm³/mol. The smallest absolute Gasteiger partial charge is 0.0492 e. The van der Waals surface area contributed by atoms with Gasteiger partial charge in [0.15, 0.2) is 0 Å². The van der Waals surface area contributed by atoms with E-state index in [1.54, 1.807) is 0 Å². The average molecular weight is 356 g/mol. The second-order valence-electron chi connectivity index (χ2n) is 4.26. The monoisotopic (exact) mass is 356 g/mol. The molecule has 2 aromatic rings. The van der Waals surface area contributed by atoms with Crippen molar-refractivity contribution in [1.29, 1.82) is 0 Å². The molecule has 0 radical (unpaired) electrons. The van der Waals surface area contributed by atoms with Gasteiger partial charge in [0.2, 0.25) is 0 Å². The highest BCUT2D eigenvalue weighted by atomic mass is 127. The summed E-state index contributed by atoms with van der Waals surface area (Å²) in [6, 6.07) is 10.6. The predicted octanol–water partition coefficient (Wildman–Crippen LogP) is 2.16. The van der Waals surface area contributed by atoms with Gasteiger partial charge in [-0.25, -0.2) is 0 Å². The number of rotatable bonds is 5. The van der Waals surface area contributed by atoms with Gasteiger partial charge in [-0.15, -0.1) is 0 Å². The Morgan fingerprint density at radius 2 is 2.28 bits per heavy atom. The molecular formula is C13H17IN4. The minimum Gasteiger partial charge on any atom is -0.273 e. The second kappa shape index (κ2) is 6.31. The number of hydrogen-bond donors (Lipinski definition) is 2. The van der Waals surface area contributed by atoms with Gasteiger partial charge in [0.1, 0.15) is 0 Å². The number of nitrogens with zero attached hydrogens (tertiary/aromatic N) is 2. The van der Waals surface area contributed by atoms with Crippen LogP contribution in [0.15, 0.2) is 36.5 Å². The van der Waals surface area contributed by atoms with Crippen LogP contribution in [0.5, 0.6) is 0 Å². The zero-order valence-corrected chi connectivity index (χ0v) is 12.5. The van der Waals surface area contributed by atoms with Crippen molar-refractivity contribution < 1.29 is 0 Å². The molecule has 1 aromatic carbocycles. The molecular weight excluding hydrogens is 339 g/mol. The van der Waals surface area contributed by atoms with Crippen molar-refractivity contribution in [3.05, 3.63) is 51.4 Å². The molecule has 5 heteroatoms. The summed E-state index contributed by atoms with van der Waals surface area (Å²) in [7, 11) is 1.96. The van der Waals surface area contributed by atoms with Crippen LogP contribution in [0.1, 0.15) is 23.7 Å². The number of hydrogen-bond acceptors (Lipinski definition) is 3. The molecule has 1 aromatic heterocycles. The number of aromatic nitrogens is 2. The summed E-state index contributed by atoms with van der Waals surface area (Å²) in [4.78, 5) is 0. The fourth-order valence-corrected chi connectivity index (χ4v) is 2.58. The van der Waals surface area contributed by atoms with Gasteiger partial charge in [0.05, 0.1) is 0 Å². The van der Waals surface area contributed by atoms with Crippen LogP contribution in [-0.4, -0.2) is 9.78 Å². The molecule has 1 unspecified atom stereocenters. The summed E-state index contributed by atoms with van der Waals surface area (Å²) in [5.41, 5.74) is 5.35. The molecule has 1 atom stereocenters. The van der Waals surface area contributed by atoms with Crippen molar-refractivity contribution in [2.75, 3.05) is 0 Å². The first kappa shape index (κ1) is 13.5. The fourth-order valence-electron chi connectivity index (χ4n) is 2.01. The van der Waals surface area contributed by atoms with Crippen molar-refractivity contribution in [2.45, 2.75) is 18.9 Å². The Labute approximate surface area is 121 Å². The van der Waals surface area contributed by atoms with Crippen LogP contribution in [-0.2, 0) is 13.5 Å². The van der Waals surface area contributed by atoms with Crippen molar-refractivity contribution >= 4 is 22.6 Å². The van der Waals surface area contributed by atoms with Crippen LogP contribution < -0.4 is 11.3 Å². The van der Waals surface area contributed by atoms with Gasteiger partial charge in [-0.1, -0.05) is 12.1 Å². The minimum atomic E-state index is 0.176. The van der Waals surface area contributed by atoms with Gasteiger partial charge in [0, 0.05) is 28.6 Å². The fraction of sp³-hybridized carbons (Fsp3) is 0.308. The first-order valence-corrected chi connectivity index (χ1v) is 6.97. The number of halogens is 1. The summed E-state index contributed by atoms with van der Waals surface area (Å²) in [6.07, 6.45) is 3.73. The molecule has 18 heavy (non-hydrogen) atoms. The van der Waals surface area contributed by atoms with Gasteiger partial charge in [-0.3, -0.25) is 16.0 Å². The molecule has 0 aliphatic carbocycles. The van der Waals surface area contributed by atoms with E-state index in [2.05, 4.69) is 57.4 Å². The summed E-state index contributed by atoms with van der Waals surface area (Å²) in [6.45, 7) is 0. The molecule has 0 aliphatic rings. The molecule has 3 N–H and O–H groups in total. The SMILES string of the molecule is Cn1nccc1CCC(NN)c1cccc(I)c1. The number of aryl methyl sites for hydroxylation is 2. The zero-order valence-electron chi connectivity index (χ0n) is 10.3. The Morgan fingerprint density at radius 3 is 2.89 bits per heavy atom. The summed E-state index contributed by atoms with van der Waals surface area (Å²) in [5, 5.41) is 4.17. The highest BCUT2D eigenvalue weighted by Gasteiger charge is 2.11. The molecule has 0 saturated heterocycles. The van der Waals surface area contributed by atoms with E-state index < -0.39 is 0 Å². The molecule has 1 heterocycles. The van der Waals surface area contributed by atoms with Crippen molar-refractivity contribution in [3.63, 3.8) is 0 Å². The molecule has 0 aliphatic heterocycles. The van der Waals surface area contributed by atoms with Crippen molar-refractivity contribution in [1.82, 2.24) is 15.2 Å². The lowest BCUT2D eigenvalue weighted by Gasteiger charge is -2.16.